The number of carbonyl (C=O) groups excluding carboxylic acids is 1. The Morgan fingerprint density at radius 2 is 2.11 bits per heavy atom. The van der Waals surface area contributed by atoms with Crippen molar-refractivity contribution in [2.24, 2.45) is 0 Å². The summed E-state index contributed by atoms with van der Waals surface area (Å²) in [5, 5.41) is 3.15. The zero-order valence-electron chi connectivity index (χ0n) is 10.7. The van der Waals surface area contributed by atoms with Crippen LogP contribution in [-0.2, 0) is 4.74 Å². The van der Waals surface area contributed by atoms with Crippen molar-refractivity contribution in [3.63, 3.8) is 0 Å². The second-order valence-electron chi connectivity index (χ2n) is 4.54. The largest absolute Gasteiger partial charge is 0.374 e. The fourth-order valence-corrected chi connectivity index (χ4v) is 2.02. The van der Waals surface area contributed by atoms with Gasteiger partial charge in [0.25, 0.3) is 5.91 Å². The molecule has 0 spiro atoms. The van der Waals surface area contributed by atoms with E-state index in [9.17, 15) is 13.6 Å². The maximum absolute atomic E-state index is 13.1. The van der Waals surface area contributed by atoms with Gasteiger partial charge in [-0.3, -0.25) is 4.79 Å². The fourth-order valence-electron chi connectivity index (χ4n) is 2.02. The second-order valence-corrected chi connectivity index (χ2v) is 4.54. The Morgan fingerprint density at radius 3 is 2.68 bits per heavy atom. The number of nitrogens with one attached hydrogen (secondary N) is 1. The monoisotopic (exact) mass is 270 g/mol. The van der Waals surface area contributed by atoms with Crippen molar-refractivity contribution < 1.29 is 18.3 Å². The summed E-state index contributed by atoms with van der Waals surface area (Å²) >= 11 is 0. The van der Waals surface area contributed by atoms with Crippen molar-refractivity contribution in [3.8, 4) is 0 Å². The average molecular weight is 270 g/mol. The number of ether oxygens (including phenoxy) is 1. The van der Waals surface area contributed by atoms with E-state index in [0.29, 0.717) is 19.7 Å². The maximum Gasteiger partial charge on any atom is 0.253 e. The van der Waals surface area contributed by atoms with Gasteiger partial charge in [-0.15, -0.1) is 0 Å². The van der Waals surface area contributed by atoms with E-state index in [2.05, 4.69) is 5.32 Å². The molecule has 1 atom stereocenters. The number of hydrogen-bond donors (Lipinski definition) is 1. The van der Waals surface area contributed by atoms with Gasteiger partial charge in [0.05, 0.1) is 12.7 Å². The highest BCUT2D eigenvalue weighted by molar-refractivity contribution is 5.94. The Balaban J connectivity index is 2.01. The lowest BCUT2D eigenvalue weighted by Crippen LogP contribution is -2.45. The van der Waals surface area contributed by atoms with Gasteiger partial charge in [-0.05, 0) is 12.1 Å². The van der Waals surface area contributed by atoms with Gasteiger partial charge in [0, 0.05) is 38.3 Å². The van der Waals surface area contributed by atoms with Gasteiger partial charge < -0.3 is 15.0 Å². The molecule has 19 heavy (non-hydrogen) atoms. The number of halogens is 2. The standard InChI is InChI=1S/C13H16F2N2O2/c1-17(8-12-7-16-2-3-19-12)13(18)9-4-10(14)6-11(15)5-9/h4-6,12,16H,2-3,7-8H2,1H3. The molecule has 0 aliphatic carbocycles. The summed E-state index contributed by atoms with van der Waals surface area (Å²) in [6.07, 6.45) is -0.0962. The van der Waals surface area contributed by atoms with Gasteiger partial charge in [-0.2, -0.15) is 0 Å². The summed E-state index contributed by atoms with van der Waals surface area (Å²) in [5.74, 6) is -1.94. The predicted octanol–water partition coefficient (Wildman–Crippen LogP) is 1.03. The van der Waals surface area contributed by atoms with E-state index in [1.807, 2.05) is 0 Å². The molecule has 1 aromatic rings. The van der Waals surface area contributed by atoms with E-state index in [1.165, 1.54) is 4.90 Å². The minimum atomic E-state index is -0.757. The Bertz CT molecular complexity index is 442. The number of benzene rings is 1. The highest BCUT2D eigenvalue weighted by Crippen LogP contribution is 2.11. The lowest BCUT2D eigenvalue weighted by Gasteiger charge is -2.28. The molecule has 0 radical (unpaired) electrons. The first-order chi connectivity index (χ1) is 9.06. The molecule has 0 saturated carbocycles. The highest BCUT2D eigenvalue weighted by Gasteiger charge is 2.20. The lowest BCUT2D eigenvalue weighted by atomic mass is 10.2. The van der Waals surface area contributed by atoms with Gasteiger partial charge in [-0.25, -0.2) is 8.78 Å². The van der Waals surface area contributed by atoms with Crippen LogP contribution in [0.1, 0.15) is 10.4 Å². The third kappa shape index (κ3) is 3.71. The maximum atomic E-state index is 13.1. The summed E-state index contributed by atoms with van der Waals surface area (Å²) in [6, 6.07) is 2.80. The first-order valence-corrected chi connectivity index (χ1v) is 6.10. The van der Waals surface area contributed by atoms with Crippen LogP contribution in [0, 0.1) is 11.6 Å². The molecule has 1 N–H and O–H groups in total. The van der Waals surface area contributed by atoms with E-state index in [0.717, 1.165) is 24.7 Å². The van der Waals surface area contributed by atoms with Crippen molar-refractivity contribution in [2.45, 2.75) is 6.10 Å². The van der Waals surface area contributed by atoms with Crippen molar-refractivity contribution in [3.05, 3.63) is 35.4 Å². The molecule has 1 saturated heterocycles. The number of nitrogens with zero attached hydrogens (tertiary/aromatic N) is 1. The second kappa shape index (κ2) is 6.08. The lowest BCUT2D eigenvalue weighted by molar-refractivity contribution is 0.0103. The Hall–Kier alpha value is -1.53. The number of hydrogen-bond acceptors (Lipinski definition) is 3. The van der Waals surface area contributed by atoms with Crippen LogP contribution in [0.3, 0.4) is 0 Å². The van der Waals surface area contributed by atoms with Crippen LogP contribution in [-0.4, -0.2) is 50.2 Å². The van der Waals surface area contributed by atoms with Crippen LogP contribution in [0.2, 0.25) is 0 Å². The fraction of sp³-hybridized carbons (Fsp3) is 0.462. The molecular weight excluding hydrogens is 254 g/mol. The first kappa shape index (κ1) is 13.9. The Kier molecular flexibility index (Phi) is 4.44. The zero-order chi connectivity index (χ0) is 13.8. The molecule has 6 heteroatoms. The third-order valence-electron chi connectivity index (χ3n) is 2.94. The van der Waals surface area contributed by atoms with E-state index in [4.69, 9.17) is 4.74 Å². The summed E-state index contributed by atoms with van der Waals surface area (Å²) in [7, 11) is 1.59. The normalized spacial score (nSPS) is 19.2. The minimum absolute atomic E-state index is 0.00349. The minimum Gasteiger partial charge on any atom is -0.374 e. The summed E-state index contributed by atoms with van der Waals surface area (Å²) in [4.78, 5) is 13.4. The van der Waals surface area contributed by atoms with Crippen molar-refractivity contribution in [1.29, 1.82) is 0 Å². The molecular formula is C13H16F2N2O2. The molecule has 1 amide bonds. The number of likely N-dealkylation sites (N-methyl/N-ethyl adjacent to an activating group) is 1. The van der Waals surface area contributed by atoms with Gasteiger partial charge >= 0.3 is 0 Å². The van der Waals surface area contributed by atoms with Crippen LogP contribution in [0.4, 0.5) is 8.78 Å². The van der Waals surface area contributed by atoms with Crippen molar-refractivity contribution >= 4 is 5.91 Å². The molecule has 4 nitrogen and oxygen atoms in total. The van der Waals surface area contributed by atoms with E-state index < -0.39 is 17.5 Å². The molecule has 0 aromatic heterocycles. The summed E-state index contributed by atoms with van der Waals surface area (Å²) in [5.41, 5.74) is 0.00349. The molecule has 2 rings (SSSR count). The molecule has 0 bridgehead atoms. The zero-order valence-corrected chi connectivity index (χ0v) is 10.7. The molecule has 1 aliphatic rings. The van der Waals surface area contributed by atoms with Gasteiger partial charge in [0.1, 0.15) is 11.6 Å². The SMILES string of the molecule is CN(CC1CNCCO1)C(=O)c1cc(F)cc(F)c1. The van der Waals surface area contributed by atoms with Crippen LogP contribution in [0.5, 0.6) is 0 Å². The third-order valence-corrected chi connectivity index (χ3v) is 2.94. The average Bonchev–Trinajstić information content (AvgIpc) is 2.37. The number of rotatable bonds is 3. The van der Waals surface area contributed by atoms with Crippen LogP contribution < -0.4 is 5.32 Å². The Morgan fingerprint density at radius 1 is 1.42 bits per heavy atom. The summed E-state index contributed by atoms with van der Waals surface area (Å²) in [6.45, 7) is 2.43. The van der Waals surface area contributed by atoms with Gasteiger partial charge in [-0.1, -0.05) is 0 Å². The van der Waals surface area contributed by atoms with Crippen LogP contribution in [0.25, 0.3) is 0 Å². The van der Waals surface area contributed by atoms with E-state index in [-0.39, 0.29) is 11.7 Å². The Labute approximate surface area is 110 Å². The quantitative estimate of drug-likeness (QED) is 0.892. The van der Waals surface area contributed by atoms with Gasteiger partial charge in [0.2, 0.25) is 0 Å². The topological polar surface area (TPSA) is 41.6 Å². The van der Waals surface area contributed by atoms with E-state index in [1.54, 1.807) is 7.05 Å². The smallest absolute Gasteiger partial charge is 0.253 e. The number of morpholine rings is 1. The van der Waals surface area contributed by atoms with E-state index >= 15 is 0 Å². The summed E-state index contributed by atoms with van der Waals surface area (Å²) < 4.78 is 31.6. The van der Waals surface area contributed by atoms with Crippen LogP contribution >= 0.6 is 0 Å². The molecule has 1 unspecified atom stereocenters. The highest BCUT2D eigenvalue weighted by atomic mass is 19.1. The molecule has 1 fully saturated rings. The first-order valence-electron chi connectivity index (χ1n) is 6.10. The molecule has 1 heterocycles. The van der Waals surface area contributed by atoms with Crippen molar-refractivity contribution in [2.75, 3.05) is 33.3 Å². The molecule has 1 aromatic carbocycles. The molecule has 1 aliphatic heterocycles. The number of amides is 1. The number of carbonyl (C=O) groups is 1. The van der Waals surface area contributed by atoms with Crippen LogP contribution in [0.15, 0.2) is 18.2 Å². The molecule has 104 valence electrons. The predicted molar refractivity (Wildman–Crippen MR) is 65.9 cm³/mol. The van der Waals surface area contributed by atoms with Crippen molar-refractivity contribution in [1.82, 2.24) is 10.2 Å². The van der Waals surface area contributed by atoms with Gasteiger partial charge in [0.15, 0.2) is 0 Å².